The summed E-state index contributed by atoms with van der Waals surface area (Å²) < 4.78 is 1.44. The molecule has 0 saturated heterocycles. The summed E-state index contributed by atoms with van der Waals surface area (Å²) in [6.45, 7) is 0. The summed E-state index contributed by atoms with van der Waals surface area (Å²) in [6, 6.07) is 3.32. The van der Waals surface area contributed by atoms with Gasteiger partial charge in [-0.05, 0) is 44.0 Å². The van der Waals surface area contributed by atoms with Gasteiger partial charge in [0.05, 0.1) is 0 Å². The average Bonchev–Trinajstić information content (AvgIpc) is 2.24. The molecule has 0 radical (unpaired) electrons. The number of anilines is 1. The lowest BCUT2D eigenvalue weighted by atomic mass is 10.3. The third-order valence-corrected chi connectivity index (χ3v) is 4.05. The van der Waals surface area contributed by atoms with Crippen molar-refractivity contribution in [1.82, 2.24) is 5.32 Å². The van der Waals surface area contributed by atoms with E-state index >= 15 is 0 Å². The van der Waals surface area contributed by atoms with Crippen LogP contribution < -0.4 is 10.6 Å². The lowest BCUT2D eigenvalue weighted by molar-refractivity contribution is -0.135. The summed E-state index contributed by atoms with van der Waals surface area (Å²) in [5.74, 6) is -1.41. The second-order valence-corrected chi connectivity index (χ2v) is 4.98. The number of likely N-dealkylation sites (N-methyl/N-ethyl adjacent to an activating group) is 1. The Morgan fingerprint density at radius 3 is 2.12 bits per heavy atom. The molecule has 0 aliphatic heterocycles. The summed E-state index contributed by atoms with van der Waals surface area (Å²) in [5, 5.41) is 4.69. The van der Waals surface area contributed by atoms with Crippen LogP contribution in [0.5, 0.6) is 0 Å². The largest absolute Gasteiger partial charge is 0.351 e. The van der Waals surface area contributed by atoms with Crippen molar-refractivity contribution in [2.24, 2.45) is 0 Å². The van der Waals surface area contributed by atoms with E-state index in [9.17, 15) is 9.59 Å². The number of hydrogen-bond acceptors (Lipinski definition) is 3. The van der Waals surface area contributed by atoms with Crippen LogP contribution in [0.3, 0.4) is 0 Å². The molecular formula is C9H8Br2N2O2S. The van der Waals surface area contributed by atoms with E-state index in [0.29, 0.717) is 5.69 Å². The molecular weight excluding hydrogens is 360 g/mol. The molecule has 1 aromatic carbocycles. The molecule has 0 unspecified atom stereocenters. The quantitative estimate of drug-likeness (QED) is 0.526. The maximum Gasteiger partial charge on any atom is 0.313 e. The fraction of sp³-hybridized carbons (Fsp3) is 0.111. The molecule has 0 atom stereocenters. The highest BCUT2D eigenvalue weighted by Crippen LogP contribution is 2.32. The highest BCUT2D eigenvalue weighted by Gasteiger charge is 2.12. The zero-order chi connectivity index (χ0) is 12.3. The van der Waals surface area contributed by atoms with Crippen molar-refractivity contribution in [3.05, 3.63) is 21.1 Å². The number of rotatable bonds is 1. The topological polar surface area (TPSA) is 58.2 Å². The molecule has 7 heteroatoms. The van der Waals surface area contributed by atoms with E-state index < -0.39 is 11.8 Å². The Labute approximate surface area is 115 Å². The van der Waals surface area contributed by atoms with E-state index in [1.54, 1.807) is 12.1 Å². The second kappa shape index (κ2) is 5.70. The summed E-state index contributed by atoms with van der Waals surface area (Å²) in [5.41, 5.74) is 0.505. The highest BCUT2D eigenvalue weighted by atomic mass is 79.9. The SMILES string of the molecule is CNC(=O)C(=O)Nc1cc(Br)c(S)c(Br)c1. The minimum Gasteiger partial charge on any atom is -0.351 e. The zero-order valence-electron chi connectivity index (χ0n) is 8.17. The van der Waals surface area contributed by atoms with E-state index in [2.05, 4.69) is 55.1 Å². The monoisotopic (exact) mass is 366 g/mol. The Kier molecular flexibility index (Phi) is 4.82. The first kappa shape index (κ1) is 13.5. The van der Waals surface area contributed by atoms with Crippen LogP contribution in [-0.4, -0.2) is 18.9 Å². The van der Waals surface area contributed by atoms with Gasteiger partial charge in [-0.25, -0.2) is 0 Å². The van der Waals surface area contributed by atoms with Gasteiger partial charge in [0.25, 0.3) is 0 Å². The van der Waals surface area contributed by atoms with Crippen molar-refractivity contribution in [2.45, 2.75) is 4.90 Å². The van der Waals surface area contributed by atoms with Gasteiger partial charge in [0, 0.05) is 26.6 Å². The van der Waals surface area contributed by atoms with E-state index in [1.165, 1.54) is 7.05 Å². The third kappa shape index (κ3) is 3.23. The first-order chi connectivity index (χ1) is 7.45. The van der Waals surface area contributed by atoms with Crippen molar-refractivity contribution in [1.29, 1.82) is 0 Å². The van der Waals surface area contributed by atoms with Gasteiger partial charge in [0.15, 0.2) is 0 Å². The van der Waals surface area contributed by atoms with Gasteiger partial charge < -0.3 is 10.6 Å². The van der Waals surface area contributed by atoms with Gasteiger partial charge in [-0.2, -0.15) is 0 Å². The number of amides is 2. The Morgan fingerprint density at radius 1 is 1.19 bits per heavy atom. The summed E-state index contributed by atoms with van der Waals surface area (Å²) in [7, 11) is 1.39. The summed E-state index contributed by atoms with van der Waals surface area (Å²) >= 11 is 10.8. The average molecular weight is 368 g/mol. The molecule has 86 valence electrons. The summed E-state index contributed by atoms with van der Waals surface area (Å²) in [6.07, 6.45) is 0. The number of hydrogen-bond donors (Lipinski definition) is 3. The normalized spacial score (nSPS) is 9.75. The number of carbonyl (C=O) groups is 2. The van der Waals surface area contributed by atoms with Gasteiger partial charge >= 0.3 is 11.8 Å². The zero-order valence-corrected chi connectivity index (χ0v) is 12.2. The maximum atomic E-state index is 11.3. The smallest absolute Gasteiger partial charge is 0.313 e. The molecule has 16 heavy (non-hydrogen) atoms. The maximum absolute atomic E-state index is 11.3. The molecule has 0 bridgehead atoms. The molecule has 1 aromatic rings. The molecule has 2 amide bonds. The van der Waals surface area contributed by atoms with Crippen molar-refractivity contribution >= 4 is 62.0 Å². The first-order valence-electron chi connectivity index (χ1n) is 4.16. The van der Waals surface area contributed by atoms with Crippen LogP contribution in [0.1, 0.15) is 0 Å². The van der Waals surface area contributed by atoms with Crippen molar-refractivity contribution in [3.63, 3.8) is 0 Å². The molecule has 0 heterocycles. The Bertz CT molecular complexity index is 428. The molecule has 4 nitrogen and oxygen atoms in total. The fourth-order valence-electron chi connectivity index (χ4n) is 0.939. The minimum atomic E-state index is -0.715. The highest BCUT2D eigenvalue weighted by molar-refractivity contribution is 9.11. The van der Waals surface area contributed by atoms with Crippen LogP contribution in [0.4, 0.5) is 5.69 Å². The van der Waals surface area contributed by atoms with Gasteiger partial charge in [0.1, 0.15) is 0 Å². The van der Waals surface area contributed by atoms with E-state index in [4.69, 9.17) is 0 Å². The number of halogens is 2. The molecule has 0 saturated carbocycles. The molecule has 0 aliphatic rings. The Hall–Kier alpha value is -0.530. The van der Waals surface area contributed by atoms with Crippen molar-refractivity contribution in [3.8, 4) is 0 Å². The first-order valence-corrected chi connectivity index (χ1v) is 6.20. The lowest BCUT2D eigenvalue weighted by Crippen LogP contribution is -2.32. The van der Waals surface area contributed by atoms with Crippen molar-refractivity contribution < 1.29 is 9.59 Å². The fourth-order valence-corrected chi connectivity index (χ4v) is 2.25. The van der Waals surface area contributed by atoms with E-state index in [0.717, 1.165) is 13.8 Å². The van der Waals surface area contributed by atoms with Gasteiger partial charge in [0.2, 0.25) is 0 Å². The molecule has 0 spiro atoms. The molecule has 0 aliphatic carbocycles. The molecule has 0 fully saturated rings. The van der Waals surface area contributed by atoms with Crippen LogP contribution in [0.15, 0.2) is 26.0 Å². The van der Waals surface area contributed by atoms with Crippen LogP contribution in [0.25, 0.3) is 0 Å². The predicted octanol–water partition coefficient (Wildman–Crippen LogP) is 2.18. The minimum absolute atomic E-state index is 0.505. The van der Waals surface area contributed by atoms with Crippen LogP contribution in [0.2, 0.25) is 0 Å². The lowest BCUT2D eigenvalue weighted by Gasteiger charge is -2.07. The number of nitrogens with one attached hydrogen (secondary N) is 2. The van der Waals surface area contributed by atoms with Gasteiger partial charge in [-0.3, -0.25) is 9.59 Å². The van der Waals surface area contributed by atoms with Gasteiger partial charge in [-0.15, -0.1) is 12.6 Å². The van der Waals surface area contributed by atoms with E-state index in [-0.39, 0.29) is 0 Å². The van der Waals surface area contributed by atoms with Crippen LogP contribution in [-0.2, 0) is 9.59 Å². The Balaban J connectivity index is 2.91. The van der Waals surface area contributed by atoms with Gasteiger partial charge in [-0.1, -0.05) is 0 Å². The molecule has 1 rings (SSSR count). The third-order valence-electron chi connectivity index (χ3n) is 1.71. The predicted molar refractivity (Wildman–Crippen MR) is 71.8 cm³/mol. The summed E-state index contributed by atoms with van der Waals surface area (Å²) in [4.78, 5) is 23.0. The second-order valence-electron chi connectivity index (χ2n) is 2.82. The Morgan fingerprint density at radius 2 is 1.69 bits per heavy atom. The van der Waals surface area contributed by atoms with Crippen LogP contribution in [0, 0.1) is 0 Å². The number of thiol groups is 1. The number of carbonyl (C=O) groups excluding carboxylic acids is 2. The molecule has 0 aromatic heterocycles. The van der Waals surface area contributed by atoms with Crippen molar-refractivity contribution in [2.75, 3.05) is 12.4 Å². The van der Waals surface area contributed by atoms with E-state index in [1.807, 2.05) is 0 Å². The van der Waals surface area contributed by atoms with Crippen LogP contribution >= 0.6 is 44.5 Å². The number of benzene rings is 1. The standard InChI is InChI=1S/C9H8Br2N2O2S/c1-12-8(14)9(15)13-4-2-5(10)7(16)6(11)3-4/h2-3,16H,1H3,(H,12,14)(H,13,15). The molecule has 2 N–H and O–H groups in total.